The molecule has 2 fully saturated rings. The standard InChI is InChI=1S/C17H25F3O2/c1-3-4-9-16(22-15(21)12(2)17(18,19)20)10-8-13-6-5-7-14(16)11-13/h13-14H,2-11H2,1H3. The number of unbranched alkanes of at least 4 members (excludes halogenated alkanes) is 1. The largest absolute Gasteiger partial charge is 0.455 e. The molecule has 3 unspecified atom stereocenters. The van der Waals surface area contributed by atoms with Crippen molar-refractivity contribution in [2.75, 3.05) is 0 Å². The molecule has 0 aromatic rings. The molecule has 126 valence electrons. The number of esters is 1. The van der Waals surface area contributed by atoms with Crippen LogP contribution in [0.4, 0.5) is 13.2 Å². The number of ether oxygens (including phenoxy) is 1. The van der Waals surface area contributed by atoms with Gasteiger partial charge in [-0.3, -0.25) is 0 Å². The monoisotopic (exact) mass is 318 g/mol. The van der Waals surface area contributed by atoms with Crippen molar-refractivity contribution >= 4 is 5.97 Å². The molecule has 2 nitrogen and oxygen atoms in total. The van der Waals surface area contributed by atoms with E-state index >= 15 is 0 Å². The molecular formula is C17H25F3O2. The van der Waals surface area contributed by atoms with Gasteiger partial charge in [-0.25, -0.2) is 4.79 Å². The summed E-state index contributed by atoms with van der Waals surface area (Å²) in [5.74, 6) is -0.429. The van der Waals surface area contributed by atoms with E-state index in [0.717, 1.165) is 38.5 Å². The Morgan fingerprint density at radius 1 is 1.32 bits per heavy atom. The summed E-state index contributed by atoms with van der Waals surface area (Å²) >= 11 is 0. The molecule has 0 radical (unpaired) electrons. The van der Waals surface area contributed by atoms with Gasteiger partial charge < -0.3 is 4.74 Å². The molecule has 0 heterocycles. The minimum atomic E-state index is -4.72. The highest BCUT2D eigenvalue weighted by atomic mass is 19.4. The number of carbonyl (C=O) groups excluding carboxylic acids is 1. The summed E-state index contributed by atoms with van der Waals surface area (Å²) in [6.45, 7) is 4.92. The second-order valence-electron chi connectivity index (χ2n) is 6.80. The first-order valence-corrected chi connectivity index (χ1v) is 8.28. The van der Waals surface area contributed by atoms with Gasteiger partial charge in [-0.05, 0) is 50.4 Å². The van der Waals surface area contributed by atoms with Crippen molar-refractivity contribution in [3.05, 3.63) is 12.2 Å². The Bertz CT molecular complexity index is 426. The van der Waals surface area contributed by atoms with Crippen molar-refractivity contribution in [1.29, 1.82) is 0 Å². The second kappa shape index (κ2) is 6.63. The lowest BCUT2D eigenvalue weighted by Crippen LogP contribution is -2.49. The molecule has 0 aromatic carbocycles. The maximum Gasteiger partial charge on any atom is 0.422 e. The van der Waals surface area contributed by atoms with Gasteiger partial charge in [0.1, 0.15) is 11.2 Å². The molecule has 0 saturated heterocycles. The maximum atomic E-state index is 12.7. The van der Waals surface area contributed by atoms with E-state index in [-0.39, 0.29) is 5.92 Å². The molecule has 5 heteroatoms. The van der Waals surface area contributed by atoms with E-state index in [1.807, 2.05) is 6.92 Å². The highest BCUT2D eigenvalue weighted by Gasteiger charge is 2.49. The normalized spacial score (nSPS) is 31.6. The number of fused-ring (bicyclic) bond motifs is 2. The third kappa shape index (κ3) is 3.66. The minimum Gasteiger partial charge on any atom is -0.455 e. The Morgan fingerprint density at radius 3 is 2.68 bits per heavy atom. The van der Waals surface area contributed by atoms with Crippen LogP contribution in [0.5, 0.6) is 0 Å². The Kier molecular flexibility index (Phi) is 5.23. The van der Waals surface area contributed by atoms with Crippen LogP contribution < -0.4 is 0 Å². The lowest BCUT2D eigenvalue weighted by Gasteiger charge is -2.49. The molecule has 3 atom stereocenters. The molecule has 2 saturated carbocycles. The van der Waals surface area contributed by atoms with Crippen molar-refractivity contribution < 1.29 is 22.7 Å². The predicted octanol–water partition coefficient (Wildman–Crippen LogP) is 5.18. The molecule has 0 N–H and O–H groups in total. The Balaban J connectivity index is 2.15. The summed E-state index contributed by atoms with van der Waals surface area (Å²) in [7, 11) is 0. The zero-order chi connectivity index (χ0) is 16.4. The van der Waals surface area contributed by atoms with Crippen LogP contribution in [0.25, 0.3) is 0 Å². The van der Waals surface area contributed by atoms with Gasteiger partial charge in [0.05, 0.1) is 0 Å². The highest BCUT2D eigenvalue weighted by molar-refractivity contribution is 5.89. The van der Waals surface area contributed by atoms with Gasteiger partial charge in [0.2, 0.25) is 0 Å². The number of alkyl halides is 3. The summed E-state index contributed by atoms with van der Waals surface area (Å²) in [4.78, 5) is 11.9. The van der Waals surface area contributed by atoms with Crippen LogP contribution in [0, 0.1) is 11.8 Å². The molecule has 0 aromatic heterocycles. The van der Waals surface area contributed by atoms with E-state index < -0.39 is 23.3 Å². The van der Waals surface area contributed by atoms with E-state index in [1.54, 1.807) is 0 Å². The number of carbonyl (C=O) groups is 1. The molecule has 0 aliphatic heterocycles. The molecule has 2 rings (SSSR count). The number of hydrogen-bond acceptors (Lipinski definition) is 2. The van der Waals surface area contributed by atoms with Crippen LogP contribution in [0.2, 0.25) is 0 Å². The smallest absolute Gasteiger partial charge is 0.422 e. The topological polar surface area (TPSA) is 26.3 Å². The van der Waals surface area contributed by atoms with E-state index in [4.69, 9.17) is 4.74 Å². The van der Waals surface area contributed by atoms with Gasteiger partial charge in [0.25, 0.3) is 0 Å². The number of hydrogen-bond donors (Lipinski definition) is 0. The average molecular weight is 318 g/mol. The Morgan fingerprint density at radius 2 is 2.05 bits per heavy atom. The third-order valence-corrected chi connectivity index (χ3v) is 5.34. The van der Waals surface area contributed by atoms with Gasteiger partial charge in [-0.15, -0.1) is 0 Å². The van der Waals surface area contributed by atoms with Gasteiger partial charge >= 0.3 is 12.1 Å². The van der Waals surface area contributed by atoms with E-state index in [9.17, 15) is 18.0 Å². The van der Waals surface area contributed by atoms with Crippen LogP contribution >= 0.6 is 0 Å². The van der Waals surface area contributed by atoms with Crippen LogP contribution in [0.3, 0.4) is 0 Å². The minimum absolute atomic E-state index is 0.205. The first kappa shape index (κ1) is 17.4. The van der Waals surface area contributed by atoms with E-state index in [2.05, 4.69) is 6.58 Å². The number of halogens is 3. The summed E-state index contributed by atoms with van der Waals surface area (Å²) in [5, 5.41) is 0. The number of rotatable bonds is 5. The summed E-state index contributed by atoms with van der Waals surface area (Å²) in [5.41, 5.74) is -2.10. The third-order valence-electron chi connectivity index (χ3n) is 5.34. The Labute approximate surface area is 130 Å². The van der Waals surface area contributed by atoms with E-state index in [0.29, 0.717) is 18.8 Å². The quantitative estimate of drug-likeness (QED) is 0.516. The second-order valence-corrected chi connectivity index (χ2v) is 6.80. The molecule has 22 heavy (non-hydrogen) atoms. The average Bonchev–Trinajstić information content (AvgIpc) is 2.47. The van der Waals surface area contributed by atoms with Crippen molar-refractivity contribution in [2.45, 2.75) is 76.5 Å². The fraction of sp³-hybridized carbons (Fsp3) is 0.824. The fourth-order valence-corrected chi connectivity index (χ4v) is 4.04. The lowest BCUT2D eigenvalue weighted by atomic mass is 9.63. The summed E-state index contributed by atoms with van der Waals surface area (Å²) in [6, 6.07) is 0. The van der Waals surface area contributed by atoms with Gasteiger partial charge in [0.15, 0.2) is 0 Å². The van der Waals surface area contributed by atoms with Crippen LogP contribution in [-0.2, 0) is 9.53 Å². The van der Waals surface area contributed by atoms with Crippen molar-refractivity contribution in [2.24, 2.45) is 11.8 Å². The molecule has 2 bridgehead atoms. The van der Waals surface area contributed by atoms with Crippen LogP contribution in [-0.4, -0.2) is 17.7 Å². The molecular weight excluding hydrogens is 293 g/mol. The highest BCUT2D eigenvalue weighted by Crippen LogP contribution is 2.50. The summed E-state index contributed by atoms with van der Waals surface area (Å²) < 4.78 is 43.5. The van der Waals surface area contributed by atoms with Crippen LogP contribution in [0.15, 0.2) is 12.2 Å². The molecule has 0 spiro atoms. The van der Waals surface area contributed by atoms with Gasteiger partial charge in [-0.2, -0.15) is 13.2 Å². The predicted molar refractivity (Wildman–Crippen MR) is 78.2 cm³/mol. The fourth-order valence-electron chi connectivity index (χ4n) is 4.04. The van der Waals surface area contributed by atoms with Crippen molar-refractivity contribution in [1.82, 2.24) is 0 Å². The van der Waals surface area contributed by atoms with Crippen LogP contribution in [0.1, 0.15) is 64.7 Å². The van der Waals surface area contributed by atoms with Gasteiger partial charge in [0, 0.05) is 0 Å². The maximum absolute atomic E-state index is 12.7. The SMILES string of the molecule is C=C(C(=O)OC1(CCCC)CCC2CCCC1C2)C(F)(F)F. The van der Waals surface area contributed by atoms with Crippen molar-refractivity contribution in [3.63, 3.8) is 0 Å². The zero-order valence-corrected chi connectivity index (χ0v) is 13.2. The van der Waals surface area contributed by atoms with E-state index in [1.165, 1.54) is 6.42 Å². The molecule has 2 aliphatic carbocycles. The zero-order valence-electron chi connectivity index (χ0n) is 13.2. The van der Waals surface area contributed by atoms with Crippen molar-refractivity contribution in [3.8, 4) is 0 Å². The lowest BCUT2D eigenvalue weighted by molar-refractivity contribution is -0.181. The molecule has 0 amide bonds. The summed E-state index contributed by atoms with van der Waals surface area (Å²) in [6.07, 6.45) is 3.62. The first-order valence-electron chi connectivity index (χ1n) is 8.28. The van der Waals surface area contributed by atoms with Gasteiger partial charge in [-0.1, -0.05) is 32.8 Å². The first-order chi connectivity index (χ1) is 10.3. The Hall–Kier alpha value is -1.00. The molecule has 2 aliphatic rings.